The molecule has 1 aliphatic carbocycles. The van der Waals surface area contributed by atoms with Crippen LogP contribution in [0.3, 0.4) is 0 Å². The third kappa shape index (κ3) is 3.00. The van der Waals surface area contributed by atoms with Crippen LogP contribution in [-0.4, -0.2) is 25.0 Å². The van der Waals surface area contributed by atoms with Crippen molar-refractivity contribution < 1.29 is 28.8 Å². The molecule has 2 heterocycles. The fourth-order valence-electron chi connectivity index (χ4n) is 5.33. The van der Waals surface area contributed by atoms with E-state index in [0.29, 0.717) is 22.8 Å². The largest absolute Gasteiger partial charge is 0.497 e. The SMILES string of the molecule is COc1ccc(C2(O)OC(=O)C(C)(c3ccc4c(c3)OCO4)C2C2CC=CCC2)cc1. The first-order valence-corrected chi connectivity index (χ1v) is 10.6. The topological polar surface area (TPSA) is 74.2 Å². The number of allylic oxidation sites excluding steroid dienone is 2. The third-order valence-electron chi connectivity index (χ3n) is 6.97. The molecule has 6 nitrogen and oxygen atoms in total. The maximum absolute atomic E-state index is 13.5. The summed E-state index contributed by atoms with van der Waals surface area (Å²) in [4.78, 5) is 13.5. The van der Waals surface area contributed by atoms with Crippen LogP contribution in [-0.2, 0) is 20.7 Å². The number of methoxy groups -OCH3 is 1. The molecule has 0 amide bonds. The smallest absolute Gasteiger partial charge is 0.319 e. The zero-order valence-electron chi connectivity index (χ0n) is 17.7. The lowest BCUT2D eigenvalue weighted by Gasteiger charge is -2.40. The van der Waals surface area contributed by atoms with Crippen molar-refractivity contribution in [2.75, 3.05) is 13.9 Å². The van der Waals surface area contributed by atoms with E-state index in [9.17, 15) is 9.90 Å². The lowest BCUT2D eigenvalue weighted by Crippen LogP contribution is -2.45. The quantitative estimate of drug-likeness (QED) is 0.592. The minimum absolute atomic E-state index is 0.0685. The van der Waals surface area contributed by atoms with E-state index in [4.69, 9.17) is 18.9 Å². The summed E-state index contributed by atoms with van der Waals surface area (Å²) in [5.74, 6) is -0.665. The lowest BCUT2D eigenvalue weighted by molar-refractivity contribution is -0.215. The Morgan fingerprint density at radius 3 is 2.48 bits per heavy atom. The van der Waals surface area contributed by atoms with E-state index in [1.807, 2.05) is 25.1 Å². The van der Waals surface area contributed by atoms with E-state index in [0.717, 1.165) is 24.8 Å². The van der Waals surface area contributed by atoms with Crippen molar-refractivity contribution in [3.05, 3.63) is 65.7 Å². The molecule has 4 atom stereocenters. The van der Waals surface area contributed by atoms with Gasteiger partial charge in [0, 0.05) is 5.56 Å². The maximum atomic E-state index is 13.5. The van der Waals surface area contributed by atoms with Crippen molar-refractivity contribution in [1.82, 2.24) is 0 Å². The maximum Gasteiger partial charge on any atom is 0.319 e. The molecule has 31 heavy (non-hydrogen) atoms. The van der Waals surface area contributed by atoms with Crippen LogP contribution < -0.4 is 14.2 Å². The zero-order chi connectivity index (χ0) is 21.6. The second kappa shape index (κ2) is 7.31. The number of ether oxygens (including phenoxy) is 4. The number of carbonyl (C=O) groups excluding carboxylic acids is 1. The Labute approximate surface area is 181 Å². The van der Waals surface area contributed by atoms with Crippen molar-refractivity contribution in [3.63, 3.8) is 0 Å². The molecule has 2 aliphatic heterocycles. The highest BCUT2D eigenvalue weighted by atomic mass is 16.7. The van der Waals surface area contributed by atoms with Gasteiger partial charge in [0.15, 0.2) is 11.5 Å². The van der Waals surface area contributed by atoms with Crippen molar-refractivity contribution in [2.45, 2.75) is 37.4 Å². The van der Waals surface area contributed by atoms with Gasteiger partial charge in [0.2, 0.25) is 12.6 Å². The molecule has 5 rings (SSSR count). The Balaban J connectivity index is 1.64. The summed E-state index contributed by atoms with van der Waals surface area (Å²) in [7, 11) is 1.59. The van der Waals surface area contributed by atoms with Gasteiger partial charge >= 0.3 is 5.97 Å². The minimum atomic E-state index is -1.75. The predicted molar refractivity (Wildman–Crippen MR) is 113 cm³/mol. The van der Waals surface area contributed by atoms with Crippen LogP contribution in [0.4, 0.5) is 0 Å². The standard InChI is InChI=1S/C25H26O6/c1-24(18-10-13-20-21(14-18)30-15-29-20)22(16-6-4-3-5-7-16)25(27,31-23(24)26)17-8-11-19(28-2)12-9-17/h3-4,8-14,16,22,27H,5-7,15H2,1-2H3. The van der Waals surface area contributed by atoms with Crippen LogP contribution in [0.15, 0.2) is 54.6 Å². The number of hydrogen-bond acceptors (Lipinski definition) is 6. The Hall–Kier alpha value is -2.99. The van der Waals surface area contributed by atoms with Gasteiger partial charge in [-0.15, -0.1) is 0 Å². The summed E-state index contributed by atoms with van der Waals surface area (Å²) in [6.45, 7) is 2.03. The molecule has 1 N–H and O–H groups in total. The number of aliphatic hydroxyl groups is 1. The highest BCUT2D eigenvalue weighted by Crippen LogP contribution is 2.57. The van der Waals surface area contributed by atoms with E-state index < -0.39 is 23.1 Å². The summed E-state index contributed by atoms with van der Waals surface area (Å²) >= 11 is 0. The Morgan fingerprint density at radius 2 is 1.77 bits per heavy atom. The molecule has 1 fully saturated rings. The van der Waals surface area contributed by atoms with Gasteiger partial charge in [0.1, 0.15) is 11.2 Å². The molecular weight excluding hydrogens is 396 g/mol. The first-order chi connectivity index (χ1) is 15.0. The predicted octanol–water partition coefficient (Wildman–Crippen LogP) is 4.06. The first-order valence-electron chi connectivity index (χ1n) is 10.6. The molecule has 0 saturated carbocycles. The summed E-state index contributed by atoms with van der Waals surface area (Å²) < 4.78 is 22.1. The fraction of sp³-hybridized carbons (Fsp3) is 0.400. The summed E-state index contributed by atoms with van der Waals surface area (Å²) in [5, 5.41) is 11.9. The number of fused-ring (bicyclic) bond motifs is 1. The van der Waals surface area contributed by atoms with Crippen LogP contribution in [0.2, 0.25) is 0 Å². The highest BCUT2D eigenvalue weighted by Gasteiger charge is 2.65. The molecule has 0 radical (unpaired) electrons. The molecular formula is C25H26O6. The monoisotopic (exact) mass is 422 g/mol. The Kier molecular flexibility index (Phi) is 4.70. The Bertz CT molecular complexity index is 1030. The van der Waals surface area contributed by atoms with Crippen molar-refractivity contribution in [1.29, 1.82) is 0 Å². The molecule has 2 aromatic carbocycles. The third-order valence-corrected chi connectivity index (χ3v) is 6.97. The van der Waals surface area contributed by atoms with E-state index in [-0.39, 0.29) is 12.7 Å². The van der Waals surface area contributed by atoms with Gasteiger partial charge in [-0.05, 0) is 74.1 Å². The van der Waals surface area contributed by atoms with Crippen LogP contribution in [0.5, 0.6) is 17.2 Å². The van der Waals surface area contributed by atoms with Gasteiger partial charge in [-0.2, -0.15) is 0 Å². The van der Waals surface area contributed by atoms with Crippen LogP contribution in [0.1, 0.15) is 37.3 Å². The second-order valence-electron chi connectivity index (χ2n) is 8.61. The fourth-order valence-corrected chi connectivity index (χ4v) is 5.33. The average Bonchev–Trinajstić information content (AvgIpc) is 3.35. The van der Waals surface area contributed by atoms with Crippen molar-refractivity contribution in [3.8, 4) is 17.2 Å². The van der Waals surface area contributed by atoms with Crippen LogP contribution >= 0.6 is 0 Å². The highest BCUT2D eigenvalue weighted by molar-refractivity contribution is 5.86. The molecule has 0 spiro atoms. The number of hydrogen-bond donors (Lipinski definition) is 1. The molecule has 0 aromatic heterocycles. The lowest BCUT2D eigenvalue weighted by atomic mass is 9.62. The van der Waals surface area contributed by atoms with Crippen molar-refractivity contribution >= 4 is 5.97 Å². The number of carbonyl (C=O) groups is 1. The first kappa shape index (κ1) is 19.9. The summed E-state index contributed by atoms with van der Waals surface area (Å²) in [6, 6.07) is 12.6. The molecule has 6 heteroatoms. The Morgan fingerprint density at radius 1 is 1.03 bits per heavy atom. The van der Waals surface area contributed by atoms with E-state index in [1.165, 1.54) is 0 Å². The number of esters is 1. The number of rotatable bonds is 4. The van der Waals surface area contributed by atoms with Gasteiger partial charge < -0.3 is 24.1 Å². The van der Waals surface area contributed by atoms with Gasteiger partial charge in [-0.3, -0.25) is 4.79 Å². The van der Waals surface area contributed by atoms with E-state index in [2.05, 4.69) is 12.2 Å². The van der Waals surface area contributed by atoms with Gasteiger partial charge in [-0.1, -0.05) is 18.2 Å². The molecule has 4 unspecified atom stereocenters. The summed E-state index contributed by atoms with van der Waals surface area (Å²) in [5.41, 5.74) is 0.252. The zero-order valence-corrected chi connectivity index (χ0v) is 17.7. The van der Waals surface area contributed by atoms with Crippen LogP contribution in [0, 0.1) is 11.8 Å². The average molecular weight is 422 g/mol. The van der Waals surface area contributed by atoms with Crippen molar-refractivity contribution in [2.24, 2.45) is 11.8 Å². The molecule has 1 saturated heterocycles. The molecule has 162 valence electrons. The van der Waals surface area contributed by atoms with E-state index in [1.54, 1.807) is 31.4 Å². The van der Waals surface area contributed by atoms with Crippen LogP contribution in [0.25, 0.3) is 0 Å². The normalized spacial score (nSPS) is 31.5. The van der Waals surface area contributed by atoms with Gasteiger partial charge in [0.05, 0.1) is 13.0 Å². The van der Waals surface area contributed by atoms with Gasteiger partial charge in [-0.25, -0.2) is 0 Å². The van der Waals surface area contributed by atoms with E-state index >= 15 is 0 Å². The summed E-state index contributed by atoms with van der Waals surface area (Å²) in [6.07, 6.45) is 6.84. The number of benzene rings is 2. The second-order valence-corrected chi connectivity index (χ2v) is 8.61. The molecule has 3 aliphatic rings. The number of cyclic esters (lactones) is 1. The molecule has 2 aromatic rings. The minimum Gasteiger partial charge on any atom is -0.497 e. The molecule has 0 bridgehead atoms. The van der Waals surface area contributed by atoms with Gasteiger partial charge in [0.25, 0.3) is 0 Å².